The largest absolute Gasteiger partial charge is 0.492 e. The Hall–Kier alpha value is -2.59. The first-order valence-electron chi connectivity index (χ1n) is 10.5. The van der Waals surface area contributed by atoms with Gasteiger partial charge in [-0.1, -0.05) is 11.2 Å². The fourth-order valence-corrected chi connectivity index (χ4v) is 5.61. The van der Waals surface area contributed by atoms with Gasteiger partial charge in [-0.25, -0.2) is 26.5 Å². The molecular formula is C22H25F2N3O4S. The zero-order valence-electron chi connectivity index (χ0n) is 17.7. The third kappa shape index (κ3) is 5.07. The molecule has 0 unspecified atom stereocenters. The van der Waals surface area contributed by atoms with Crippen molar-refractivity contribution in [2.24, 2.45) is 11.1 Å². The number of sulfonamides is 1. The maximum absolute atomic E-state index is 14.6. The van der Waals surface area contributed by atoms with Gasteiger partial charge in [0.15, 0.2) is 5.82 Å². The molecule has 4 rings (SSSR count). The van der Waals surface area contributed by atoms with Gasteiger partial charge in [-0.05, 0) is 49.3 Å². The summed E-state index contributed by atoms with van der Waals surface area (Å²) in [4.78, 5) is 8.61. The second kappa shape index (κ2) is 9.50. The molecule has 0 spiro atoms. The standard InChI is InChI=1S/C22H25F2N3O4S/c1-30-26-12-16-2-5-19(20(23)10-16)22-21(24)11-17(13-25-22)31-14-15-6-8-27(9-7-15)32(28,29)18-3-4-18/h2,5,10-13,15,18H,3-4,6-9,14H2,1H3/b26-12+. The third-order valence-corrected chi connectivity index (χ3v) is 8.14. The number of piperidine rings is 1. The molecule has 0 N–H and O–H groups in total. The molecule has 0 atom stereocenters. The second-order valence-corrected chi connectivity index (χ2v) is 10.3. The minimum absolute atomic E-state index is 0.0351. The summed E-state index contributed by atoms with van der Waals surface area (Å²) in [5.41, 5.74) is 0.404. The monoisotopic (exact) mass is 465 g/mol. The van der Waals surface area contributed by atoms with Crippen molar-refractivity contribution in [1.82, 2.24) is 9.29 Å². The van der Waals surface area contributed by atoms with Crippen LogP contribution in [0, 0.1) is 17.6 Å². The minimum Gasteiger partial charge on any atom is -0.492 e. The van der Waals surface area contributed by atoms with Crippen molar-refractivity contribution < 1.29 is 26.8 Å². The smallest absolute Gasteiger partial charge is 0.216 e. The predicted molar refractivity (Wildman–Crippen MR) is 116 cm³/mol. The van der Waals surface area contributed by atoms with E-state index in [9.17, 15) is 17.2 Å². The average Bonchev–Trinajstić information content (AvgIpc) is 3.63. The molecule has 1 saturated carbocycles. The van der Waals surface area contributed by atoms with Crippen LogP contribution >= 0.6 is 0 Å². The van der Waals surface area contributed by atoms with Crippen molar-refractivity contribution in [3.63, 3.8) is 0 Å². The van der Waals surface area contributed by atoms with Gasteiger partial charge < -0.3 is 9.57 Å². The molecule has 2 fully saturated rings. The van der Waals surface area contributed by atoms with Gasteiger partial charge in [0.25, 0.3) is 0 Å². The van der Waals surface area contributed by atoms with E-state index in [1.165, 1.54) is 37.7 Å². The molecule has 172 valence electrons. The molecule has 2 heterocycles. The number of pyridine rings is 1. The van der Waals surface area contributed by atoms with Gasteiger partial charge in [0.05, 0.1) is 24.3 Å². The summed E-state index contributed by atoms with van der Waals surface area (Å²) in [6.45, 7) is 1.32. The molecule has 1 aliphatic heterocycles. The van der Waals surface area contributed by atoms with Crippen LogP contribution in [0.4, 0.5) is 8.78 Å². The van der Waals surface area contributed by atoms with Crippen molar-refractivity contribution in [1.29, 1.82) is 0 Å². The highest BCUT2D eigenvalue weighted by Crippen LogP contribution is 2.33. The van der Waals surface area contributed by atoms with Crippen molar-refractivity contribution in [2.75, 3.05) is 26.8 Å². The van der Waals surface area contributed by atoms with Gasteiger partial charge in [-0.3, -0.25) is 0 Å². The molecule has 1 aliphatic carbocycles. The molecule has 1 aromatic heterocycles. The SMILES string of the molecule is CO/N=C/c1ccc(-c2ncc(OCC3CCN(S(=O)(=O)C4CC4)CC3)cc2F)c(F)c1. The maximum atomic E-state index is 14.6. The lowest BCUT2D eigenvalue weighted by molar-refractivity contribution is 0.184. The van der Waals surface area contributed by atoms with Crippen LogP contribution in [0.25, 0.3) is 11.3 Å². The van der Waals surface area contributed by atoms with Gasteiger partial charge in [-0.15, -0.1) is 0 Å². The van der Waals surface area contributed by atoms with E-state index in [0.717, 1.165) is 12.8 Å². The van der Waals surface area contributed by atoms with Crippen LogP contribution in [0.3, 0.4) is 0 Å². The number of halogens is 2. The van der Waals surface area contributed by atoms with Crippen molar-refractivity contribution >= 4 is 16.2 Å². The molecule has 1 aromatic carbocycles. The van der Waals surface area contributed by atoms with Crippen LogP contribution in [-0.2, 0) is 14.9 Å². The van der Waals surface area contributed by atoms with Gasteiger partial charge >= 0.3 is 0 Å². The van der Waals surface area contributed by atoms with Gasteiger partial charge in [0.1, 0.15) is 24.4 Å². The normalized spacial score (nSPS) is 18.2. The molecule has 1 saturated heterocycles. The number of benzene rings is 1. The molecule has 0 amide bonds. The Balaban J connectivity index is 1.35. The van der Waals surface area contributed by atoms with E-state index in [1.807, 2.05) is 0 Å². The quantitative estimate of drug-likeness (QED) is 0.440. The summed E-state index contributed by atoms with van der Waals surface area (Å²) in [5, 5.41) is 3.38. The van der Waals surface area contributed by atoms with Gasteiger partial charge in [0.2, 0.25) is 10.0 Å². The molecule has 7 nitrogen and oxygen atoms in total. The zero-order valence-corrected chi connectivity index (χ0v) is 18.5. The van der Waals surface area contributed by atoms with E-state index in [1.54, 1.807) is 10.4 Å². The molecule has 0 bridgehead atoms. The van der Waals surface area contributed by atoms with Crippen LogP contribution in [0.5, 0.6) is 5.75 Å². The van der Waals surface area contributed by atoms with Crippen LogP contribution in [0.1, 0.15) is 31.2 Å². The number of nitrogens with zero attached hydrogens (tertiary/aromatic N) is 3. The molecule has 10 heteroatoms. The Kier molecular flexibility index (Phi) is 6.71. The Labute approximate surface area is 186 Å². The summed E-state index contributed by atoms with van der Waals surface area (Å²) in [6, 6.07) is 5.43. The highest BCUT2D eigenvalue weighted by Gasteiger charge is 2.41. The number of ether oxygens (including phenoxy) is 1. The van der Waals surface area contributed by atoms with E-state index >= 15 is 0 Å². The number of oxime groups is 1. The van der Waals surface area contributed by atoms with E-state index in [-0.39, 0.29) is 28.2 Å². The van der Waals surface area contributed by atoms with Crippen molar-refractivity contribution in [2.45, 2.75) is 30.9 Å². The number of rotatable bonds is 8. The number of hydrogen-bond donors (Lipinski definition) is 0. The maximum Gasteiger partial charge on any atom is 0.216 e. The lowest BCUT2D eigenvalue weighted by Crippen LogP contribution is -2.41. The van der Waals surface area contributed by atoms with E-state index in [2.05, 4.69) is 15.0 Å². The molecule has 2 aliphatic rings. The minimum atomic E-state index is -3.14. The first-order chi connectivity index (χ1) is 15.4. The summed E-state index contributed by atoms with van der Waals surface area (Å²) < 4.78 is 60.9. The van der Waals surface area contributed by atoms with Crippen molar-refractivity contribution in [3.8, 4) is 17.0 Å². The molecule has 0 radical (unpaired) electrons. The highest BCUT2D eigenvalue weighted by atomic mass is 32.2. The molecular weight excluding hydrogens is 440 g/mol. The fourth-order valence-electron chi connectivity index (χ4n) is 3.74. The van der Waals surface area contributed by atoms with Crippen molar-refractivity contribution in [3.05, 3.63) is 47.7 Å². The summed E-state index contributed by atoms with van der Waals surface area (Å²) >= 11 is 0. The summed E-state index contributed by atoms with van der Waals surface area (Å²) in [7, 11) is -1.76. The van der Waals surface area contributed by atoms with E-state index in [0.29, 0.717) is 38.1 Å². The van der Waals surface area contributed by atoms with Gasteiger partial charge in [0, 0.05) is 24.7 Å². The zero-order chi connectivity index (χ0) is 22.7. The topological polar surface area (TPSA) is 81.1 Å². The highest BCUT2D eigenvalue weighted by molar-refractivity contribution is 7.90. The second-order valence-electron chi connectivity index (χ2n) is 8.06. The van der Waals surface area contributed by atoms with Crippen LogP contribution in [0.2, 0.25) is 0 Å². The van der Waals surface area contributed by atoms with Crippen LogP contribution < -0.4 is 4.74 Å². The number of hydrogen-bond acceptors (Lipinski definition) is 6. The molecule has 2 aromatic rings. The Morgan fingerprint density at radius 2 is 1.91 bits per heavy atom. The van der Waals surface area contributed by atoms with Crippen LogP contribution in [0.15, 0.2) is 35.6 Å². The first kappa shape index (κ1) is 22.6. The Morgan fingerprint density at radius 3 is 2.53 bits per heavy atom. The first-order valence-corrected chi connectivity index (χ1v) is 12.0. The van der Waals surface area contributed by atoms with Gasteiger partial charge in [-0.2, -0.15) is 0 Å². The predicted octanol–water partition coefficient (Wildman–Crippen LogP) is 3.59. The fraction of sp³-hybridized carbons (Fsp3) is 0.455. The summed E-state index contributed by atoms with van der Waals surface area (Å²) in [5.74, 6) is -0.881. The lowest BCUT2D eigenvalue weighted by Gasteiger charge is -2.31. The van der Waals surface area contributed by atoms with E-state index in [4.69, 9.17) is 4.74 Å². The average molecular weight is 466 g/mol. The summed E-state index contributed by atoms with van der Waals surface area (Å²) in [6.07, 6.45) is 5.63. The lowest BCUT2D eigenvalue weighted by atomic mass is 9.99. The number of aromatic nitrogens is 1. The van der Waals surface area contributed by atoms with E-state index < -0.39 is 21.7 Å². The van der Waals surface area contributed by atoms with Crippen LogP contribution in [-0.4, -0.2) is 56.0 Å². The Morgan fingerprint density at radius 1 is 1.16 bits per heavy atom. The Bertz CT molecular complexity index is 1100. The third-order valence-electron chi connectivity index (χ3n) is 5.74. The molecule has 32 heavy (non-hydrogen) atoms.